The quantitative estimate of drug-likeness (QED) is 0.466. The highest BCUT2D eigenvalue weighted by atomic mass is 19.1. The zero-order valence-corrected chi connectivity index (χ0v) is 10.5. The summed E-state index contributed by atoms with van der Waals surface area (Å²) in [4.78, 5) is 21.4. The number of carbonyl (C=O) groups excluding carboxylic acids is 1. The number of nitro benzene ring substituents is 1. The molecule has 0 aromatic heterocycles. The summed E-state index contributed by atoms with van der Waals surface area (Å²) in [6.45, 7) is 1.05. The van der Waals surface area contributed by atoms with Gasteiger partial charge in [0.15, 0.2) is 0 Å². The molecule has 0 aliphatic heterocycles. The molecule has 1 aromatic carbocycles. The Hall–Kier alpha value is -2.02. The van der Waals surface area contributed by atoms with Crippen LogP contribution in [-0.4, -0.2) is 31.1 Å². The van der Waals surface area contributed by atoms with Gasteiger partial charge in [0.25, 0.3) is 5.91 Å². The molecule has 1 amide bonds. The molecular weight excluding hydrogens is 255 g/mol. The van der Waals surface area contributed by atoms with Crippen LogP contribution in [0.5, 0.6) is 0 Å². The monoisotopic (exact) mass is 270 g/mol. The molecule has 1 rings (SSSR count). The van der Waals surface area contributed by atoms with E-state index in [1.54, 1.807) is 7.11 Å². The number of amides is 1. The Morgan fingerprint density at radius 1 is 1.47 bits per heavy atom. The minimum absolute atomic E-state index is 0.0693. The summed E-state index contributed by atoms with van der Waals surface area (Å²) < 4.78 is 17.9. The van der Waals surface area contributed by atoms with Crippen molar-refractivity contribution >= 4 is 11.6 Å². The fraction of sp³-hybridized carbons (Fsp3) is 0.417. The zero-order chi connectivity index (χ0) is 14.3. The lowest BCUT2D eigenvalue weighted by Crippen LogP contribution is -2.24. The number of hydrogen-bond acceptors (Lipinski definition) is 4. The van der Waals surface area contributed by atoms with Crippen molar-refractivity contribution in [2.45, 2.75) is 12.8 Å². The smallest absolute Gasteiger partial charge is 0.305 e. The van der Waals surface area contributed by atoms with Crippen LogP contribution in [0.2, 0.25) is 0 Å². The van der Waals surface area contributed by atoms with Crippen molar-refractivity contribution in [3.63, 3.8) is 0 Å². The molecule has 7 heteroatoms. The average Bonchev–Trinajstić information content (AvgIpc) is 2.38. The van der Waals surface area contributed by atoms with E-state index in [1.165, 1.54) is 6.07 Å². The predicted octanol–water partition coefficient (Wildman–Crippen LogP) is 1.89. The number of rotatable bonds is 7. The van der Waals surface area contributed by atoms with E-state index < -0.39 is 22.3 Å². The van der Waals surface area contributed by atoms with E-state index in [2.05, 4.69) is 5.32 Å². The van der Waals surface area contributed by atoms with Crippen LogP contribution in [0, 0.1) is 15.9 Å². The Kier molecular flexibility index (Phi) is 5.87. The first-order valence-corrected chi connectivity index (χ1v) is 5.77. The summed E-state index contributed by atoms with van der Waals surface area (Å²) in [5, 5.41) is 13.2. The maximum atomic E-state index is 13.1. The van der Waals surface area contributed by atoms with Gasteiger partial charge in [-0.05, 0) is 25.0 Å². The van der Waals surface area contributed by atoms with E-state index in [4.69, 9.17) is 4.74 Å². The molecule has 1 aromatic rings. The zero-order valence-electron chi connectivity index (χ0n) is 10.5. The predicted molar refractivity (Wildman–Crippen MR) is 66.5 cm³/mol. The molecule has 0 atom stereocenters. The first-order valence-electron chi connectivity index (χ1n) is 5.77. The Labute approximate surface area is 109 Å². The summed E-state index contributed by atoms with van der Waals surface area (Å²) >= 11 is 0. The van der Waals surface area contributed by atoms with Crippen molar-refractivity contribution in [3.05, 3.63) is 39.7 Å². The van der Waals surface area contributed by atoms with Gasteiger partial charge in [-0.3, -0.25) is 14.9 Å². The molecule has 0 aliphatic rings. The number of hydrogen-bond donors (Lipinski definition) is 1. The minimum Gasteiger partial charge on any atom is -0.385 e. The second kappa shape index (κ2) is 7.42. The maximum absolute atomic E-state index is 13.1. The van der Waals surface area contributed by atoms with Crippen molar-refractivity contribution in [3.8, 4) is 0 Å². The van der Waals surface area contributed by atoms with E-state index in [0.29, 0.717) is 13.2 Å². The third-order valence-electron chi connectivity index (χ3n) is 2.47. The molecule has 0 aliphatic carbocycles. The van der Waals surface area contributed by atoms with Gasteiger partial charge in [-0.1, -0.05) is 0 Å². The van der Waals surface area contributed by atoms with E-state index >= 15 is 0 Å². The first-order chi connectivity index (χ1) is 9.06. The third-order valence-corrected chi connectivity index (χ3v) is 2.47. The van der Waals surface area contributed by atoms with Crippen molar-refractivity contribution in [1.82, 2.24) is 5.32 Å². The van der Waals surface area contributed by atoms with Gasteiger partial charge in [0.1, 0.15) is 0 Å². The van der Waals surface area contributed by atoms with Crippen LogP contribution in [0.3, 0.4) is 0 Å². The fourth-order valence-electron chi connectivity index (χ4n) is 1.47. The van der Waals surface area contributed by atoms with Gasteiger partial charge in [-0.25, -0.2) is 0 Å². The van der Waals surface area contributed by atoms with Crippen LogP contribution in [0.1, 0.15) is 23.2 Å². The lowest BCUT2D eigenvalue weighted by molar-refractivity contribution is -0.387. The molecule has 0 saturated carbocycles. The SMILES string of the molecule is COCCCCNC(=O)c1ccc(F)c([N+](=O)[O-])c1. The normalized spacial score (nSPS) is 10.2. The van der Waals surface area contributed by atoms with Crippen molar-refractivity contribution < 1.29 is 18.8 Å². The van der Waals surface area contributed by atoms with Crippen molar-refractivity contribution in [2.24, 2.45) is 0 Å². The number of nitro groups is 1. The standard InChI is InChI=1S/C12H15FN2O4/c1-19-7-3-2-6-14-12(16)9-4-5-10(13)11(8-9)15(17)18/h4-5,8H,2-3,6-7H2,1H3,(H,14,16). The van der Waals surface area contributed by atoms with Crippen LogP contribution in [0.4, 0.5) is 10.1 Å². The lowest BCUT2D eigenvalue weighted by atomic mass is 10.2. The van der Waals surface area contributed by atoms with Gasteiger partial charge < -0.3 is 10.1 Å². The Morgan fingerprint density at radius 3 is 2.84 bits per heavy atom. The Morgan fingerprint density at radius 2 is 2.21 bits per heavy atom. The van der Waals surface area contributed by atoms with E-state index in [0.717, 1.165) is 25.0 Å². The highest BCUT2D eigenvalue weighted by molar-refractivity contribution is 5.94. The lowest BCUT2D eigenvalue weighted by Gasteiger charge is -2.05. The number of nitrogens with zero attached hydrogens (tertiary/aromatic N) is 1. The molecule has 0 heterocycles. The van der Waals surface area contributed by atoms with Crippen LogP contribution >= 0.6 is 0 Å². The third kappa shape index (κ3) is 4.63. The molecule has 0 unspecified atom stereocenters. The van der Waals surface area contributed by atoms with Gasteiger partial charge in [0.2, 0.25) is 5.82 Å². The first kappa shape index (κ1) is 15.0. The summed E-state index contributed by atoms with van der Waals surface area (Å²) in [7, 11) is 1.59. The number of halogens is 1. The molecule has 6 nitrogen and oxygen atoms in total. The van der Waals surface area contributed by atoms with Crippen molar-refractivity contribution in [1.29, 1.82) is 0 Å². The largest absolute Gasteiger partial charge is 0.385 e. The molecule has 0 radical (unpaired) electrons. The Bertz CT molecular complexity index is 465. The molecule has 104 valence electrons. The average molecular weight is 270 g/mol. The maximum Gasteiger partial charge on any atom is 0.305 e. The molecule has 0 spiro atoms. The number of carbonyl (C=O) groups is 1. The molecule has 0 saturated heterocycles. The van der Waals surface area contributed by atoms with Crippen LogP contribution < -0.4 is 5.32 Å². The highest BCUT2D eigenvalue weighted by Gasteiger charge is 2.17. The minimum atomic E-state index is -0.957. The van der Waals surface area contributed by atoms with E-state index in [-0.39, 0.29) is 5.56 Å². The van der Waals surface area contributed by atoms with Gasteiger partial charge in [0.05, 0.1) is 4.92 Å². The number of benzene rings is 1. The second-order valence-electron chi connectivity index (χ2n) is 3.88. The van der Waals surface area contributed by atoms with Gasteiger partial charge in [-0.2, -0.15) is 4.39 Å². The highest BCUT2D eigenvalue weighted by Crippen LogP contribution is 2.18. The summed E-state index contributed by atoms with van der Waals surface area (Å²) in [5.41, 5.74) is -0.633. The van der Waals surface area contributed by atoms with Gasteiger partial charge in [-0.15, -0.1) is 0 Å². The number of methoxy groups -OCH3 is 1. The van der Waals surface area contributed by atoms with E-state index in [9.17, 15) is 19.3 Å². The van der Waals surface area contributed by atoms with Crippen LogP contribution in [0.25, 0.3) is 0 Å². The summed E-state index contributed by atoms with van der Waals surface area (Å²) in [5.74, 6) is -1.41. The fourth-order valence-corrected chi connectivity index (χ4v) is 1.47. The number of unbranched alkanes of at least 4 members (excludes halogenated alkanes) is 1. The molecule has 1 N–H and O–H groups in total. The van der Waals surface area contributed by atoms with Crippen LogP contribution in [0.15, 0.2) is 18.2 Å². The van der Waals surface area contributed by atoms with E-state index in [1.807, 2.05) is 0 Å². The molecule has 19 heavy (non-hydrogen) atoms. The number of nitrogens with one attached hydrogen (secondary N) is 1. The Balaban J connectivity index is 2.57. The van der Waals surface area contributed by atoms with Crippen LogP contribution in [-0.2, 0) is 4.74 Å². The van der Waals surface area contributed by atoms with Crippen molar-refractivity contribution in [2.75, 3.05) is 20.3 Å². The molecule has 0 bridgehead atoms. The number of ether oxygens (including phenoxy) is 1. The summed E-state index contributed by atoms with van der Waals surface area (Å²) in [6, 6.07) is 3.06. The summed E-state index contributed by atoms with van der Waals surface area (Å²) in [6.07, 6.45) is 1.54. The topological polar surface area (TPSA) is 81.5 Å². The van der Waals surface area contributed by atoms with Gasteiger partial charge >= 0.3 is 5.69 Å². The molecule has 0 fully saturated rings. The second-order valence-corrected chi connectivity index (χ2v) is 3.88. The van der Waals surface area contributed by atoms with Gasteiger partial charge in [0, 0.05) is 31.9 Å². The molecular formula is C12H15FN2O4.